The van der Waals surface area contributed by atoms with Crippen LogP contribution in [0.4, 0.5) is 0 Å². The molecule has 1 N–H and O–H groups in total. The Balaban J connectivity index is 1.73. The van der Waals surface area contributed by atoms with E-state index in [1.54, 1.807) is 12.4 Å². The SMILES string of the molecule is Cc1cccnc1[C@H](NC(=O)Cn1ccnc1C)C1CC1. The topological polar surface area (TPSA) is 59.8 Å². The van der Waals surface area contributed by atoms with Gasteiger partial charge in [-0.3, -0.25) is 9.78 Å². The number of amides is 1. The summed E-state index contributed by atoms with van der Waals surface area (Å²) in [6, 6.07) is 4.01. The van der Waals surface area contributed by atoms with Crippen molar-refractivity contribution in [3.63, 3.8) is 0 Å². The van der Waals surface area contributed by atoms with E-state index in [2.05, 4.69) is 15.3 Å². The Morgan fingerprint density at radius 1 is 1.38 bits per heavy atom. The maximum Gasteiger partial charge on any atom is 0.240 e. The predicted octanol–water partition coefficient (Wildman–Crippen LogP) is 2.16. The number of nitrogens with zero attached hydrogens (tertiary/aromatic N) is 3. The van der Waals surface area contributed by atoms with E-state index in [-0.39, 0.29) is 11.9 Å². The van der Waals surface area contributed by atoms with Gasteiger partial charge in [0.25, 0.3) is 0 Å². The fourth-order valence-corrected chi connectivity index (χ4v) is 2.61. The van der Waals surface area contributed by atoms with Crippen LogP contribution in [0.2, 0.25) is 0 Å². The van der Waals surface area contributed by atoms with Crippen LogP contribution in [0.5, 0.6) is 0 Å². The molecule has 2 aromatic rings. The molecule has 0 aliphatic heterocycles. The van der Waals surface area contributed by atoms with Crippen molar-refractivity contribution in [1.82, 2.24) is 19.9 Å². The van der Waals surface area contributed by atoms with Gasteiger partial charge in [-0.1, -0.05) is 6.07 Å². The molecule has 1 atom stereocenters. The average Bonchev–Trinajstić information content (AvgIpc) is 3.22. The fraction of sp³-hybridized carbons (Fsp3) is 0.438. The first-order valence-corrected chi connectivity index (χ1v) is 7.34. The molecule has 5 heteroatoms. The Morgan fingerprint density at radius 3 is 2.81 bits per heavy atom. The zero-order valence-electron chi connectivity index (χ0n) is 12.4. The number of carbonyl (C=O) groups is 1. The van der Waals surface area contributed by atoms with E-state index in [0.717, 1.165) is 29.9 Å². The van der Waals surface area contributed by atoms with Crippen LogP contribution < -0.4 is 5.32 Å². The Bertz CT molecular complexity index is 645. The first-order valence-electron chi connectivity index (χ1n) is 7.34. The summed E-state index contributed by atoms with van der Waals surface area (Å²) in [5.74, 6) is 1.38. The molecule has 3 rings (SSSR count). The first-order chi connectivity index (χ1) is 10.1. The summed E-state index contributed by atoms with van der Waals surface area (Å²) in [4.78, 5) is 20.9. The molecule has 2 aromatic heterocycles. The van der Waals surface area contributed by atoms with Gasteiger partial charge in [0.05, 0.1) is 11.7 Å². The quantitative estimate of drug-likeness (QED) is 0.915. The molecule has 0 saturated heterocycles. The van der Waals surface area contributed by atoms with Crippen LogP contribution in [0.25, 0.3) is 0 Å². The van der Waals surface area contributed by atoms with E-state index in [1.807, 2.05) is 36.7 Å². The van der Waals surface area contributed by atoms with Crippen molar-refractivity contribution in [2.24, 2.45) is 5.92 Å². The third kappa shape index (κ3) is 3.12. The molecule has 1 aliphatic carbocycles. The van der Waals surface area contributed by atoms with Gasteiger partial charge in [0.2, 0.25) is 5.91 Å². The van der Waals surface area contributed by atoms with E-state index < -0.39 is 0 Å². The summed E-state index contributed by atoms with van der Waals surface area (Å²) in [6.45, 7) is 4.25. The number of hydrogen-bond donors (Lipinski definition) is 1. The summed E-state index contributed by atoms with van der Waals surface area (Å²) < 4.78 is 1.85. The molecule has 1 fully saturated rings. The lowest BCUT2D eigenvalue weighted by Crippen LogP contribution is -2.33. The van der Waals surface area contributed by atoms with Gasteiger partial charge in [-0.15, -0.1) is 0 Å². The van der Waals surface area contributed by atoms with Gasteiger partial charge in [-0.05, 0) is 44.2 Å². The van der Waals surface area contributed by atoms with Gasteiger partial charge < -0.3 is 9.88 Å². The average molecular weight is 284 g/mol. The second kappa shape index (κ2) is 5.68. The molecule has 1 saturated carbocycles. The largest absolute Gasteiger partial charge is 0.346 e. The Kier molecular flexibility index (Phi) is 3.73. The van der Waals surface area contributed by atoms with Gasteiger partial charge >= 0.3 is 0 Å². The molecule has 0 spiro atoms. The Morgan fingerprint density at radius 2 is 2.19 bits per heavy atom. The summed E-state index contributed by atoms with van der Waals surface area (Å²) in [5, 5.41) is 3.15. The fourth-order valence-electron chi connectivity index (χ4n) is 2.61. The number of aryl methyl sites for hydroxylation is 2. The summed E-state index contributed by atoms with van der Waals surface area (Å²) in [6.07, 6.45) is 7.65. The Hall–Kier alpha value is -2.17. The molecule has 0 radical (unpaired) electrons. The molecule has 1 aliphatic rings. The van der Waals surface area contributed by atoms with Crippen LogP contribution in [-0.2, 0) is 11.3 Å². The zero-order valence-corrected chi connectivity index (χ0v) is 12.4. The van der Waals surface area contributed by atoms with Crippen molar-refractivity contribution >= 4 is 5.91 Å². The third-order valence-electron chi connectivity index (χ3n) is 3.99. The molecular weight excluding hydrogens is 264 g/mol. The van der Waals surface area contributed by atoms with Gasteiger partial charge in [-0.25, -0.2) is 4.98 Å². The smallest absolute Gasteiger partial charge is 0.240 e. The number of hydrogen-bond acceptors (Lipinski definition) is 3. The highest BCUT2D eigenvalue weighted by Crippen LogP contribution is 2.41. The molecule has 21 heavy (non-hydrogen) atoms. The molecular formula is C16H20N4O. The maximum atomic E-state index is 12.3. The highest BCUT2D eigenvalue weighted by Gasteiger charge is 2.35. The molecule has 110 valence electrons. The lowest BCUT2D eigenvalue weighted by atomic mass is 10.0. The number of imidazole rings is 1. The molecule has 0 bridgehead atoms. The van der Waals surface area contributed by atoms with Crippen LogP contribution >= 0.6 is 0 Å². The van der Waals surface area contributed by atoms with E-state index in [9.17, 15) is 4.79 Å². The van der Waals surface area contributed by atoms with E-state index in [1.165, 1.54) is 0 Å². The minimum atomic E-state index is 0.0121. The van der Waals surface area contributed by atoms with E-state index in [0.29, 0.717) is 12.5 Å². The van der Waals surface area contributed by atoms with Crippen molar-refractivity contribution < 1.29 is 4.79 Å². The standard InChI is InChI=1S/C16H20N4O/c1-11-4-3-7-18-15(11)16(13-5-6-13)19-14(21)10-20-9-8-17-12(20)2/h3-4,7-9,13,16H,5-6,10H2,1-2H3,(H,19,21)/t16-/m1/s1. The first kappa shape index (κ1) is 13.8. The highest BCUT2D eigenvalue weighted by molar-refractivity contribution is 5.76. The number of aromatic nitrogens is 3. The normalized spacial score (nSPS) is 15.7. The maximum absolute atomic E-state index is 12.3. The van der Waals surface area contributed by atoms with Gasteiger partial charge in [0.15, 0.2) is 0 Å². The number of rotatable bonds is 5. The second-order valence-corrected chi connectivity index (χ2v) is 5.69. The summed E-state index contributed by atoms with van der Waals surface area (Å²) in [7, 11) is 0. The van der Waals surface area contributed by atoms with Crippen LogP contribution in [0.3, 0.4) is 0 Å². The van der Waals surface area contributed by atoms with Gasteiger partial charge in [0.1, 0.15) is 12.4 Å². The lowest BCUT2D eigenvalue weighted by Gasteiger charge is -2.20. The Labute approximate surface area is 124 Å². The molecule has 1 amide bonds. The van der Waals surface area contributed by atoms with E-state index in [4.69, 9.17) is 0 Å². The lowest BCUT2D eigenvalue weighted by molar-refractivity contribution is -0.122. The number of pyridine rings is 1. The van der Waals surface area contributed by atoms with Crippen LogP contribution in [0.1, 0.15) is 36.0 Å². The third-order valence-corrected chi connectivity index (χ3v) is 3.99. The number of nitrogens with one attached hydrogen (secondary N) is 1. The molecule has 0 aromatic carbocycles. The summed E-state index contributed by atoms with van der Waals surface area (Å²) >= 11 is 0. The van der Waals surface area contributed by atoms with Crippen LogP contribution in [0.15, 0.2) is 30.7 Å². The zero-order chi connectivity index (χ0) is 14.8. The van der Waals surface area contributed by atoms with E-state index >= 15 is 0 Å². The van der Waals surface area contributed by atoms with Gasteiger partial charge in [-0.2, -0.15) is 0 Å². The van der Waals surface area contributed by atoms with Crippen molar-refractivity contribution in [3.05, 3.63) is 47.8 Å². The highest BCUT2D eigenvalue weighted by atomic mass is 16.2. The van der Waals surface area contributed by atoms with Gasteiger partial charge in [0, 0.05) is 18.6 Å². The van der Waals surface area contributed by atoms with Crippen LogP contribution in [0, 0.1) is 19.8 Å². The minimum absolute atomic E-state index is 0.0121. The molecule has 5 nitrogen and oxygen atoms in total. The summed E-state index contributed by atoms with van der Waals surface area (Å²) in [5.41, 5.74) is 2.13. The van der Waals surface area contributed by atoms with Crippen LogP contribution in [-0.4, -0.2) is 20.4 Å². The van der Waals surface area contributed by atoms with Crippen molar-refractivity contribution in [1.29, 1.82) is 0 Å². The predicted molar refractivity (Wildman–Crippen MR) is 79.5 cm³/mol. The van der Waals surface area contributed by atoms with Crippen molar-refractivity contribution in [2.75, 3.05) is 0 Å². The second-order valence-electron chi connectivity index (χ2n) is 5.69. The molecule has 2 heterocycles. The monoisotopic (exact) mass is 284 g/mol. The minimum Gasteiger partial charge on any atom is -0.346 e. The van der Waals surface area contributed by atoms with Crippen molar-refractivity contribution in [3.8, 4) is 0 Å². The number of carbonyl (C=O) groups excluding carboxylic acids is 1. The molecule has 0 unspecified atom stereocenters. The van der Waals surface area contributed by atoms with Crippen molar-refractivity contribution in [2.45, 2.75) is 39.3 Å².